The van der Waals surface area contributed by atoms with Crippen LogP contribution in [0.25, 0.3) is 11.3 Å². The maximum absolute atomic E-state index is 10.9. The van der Waals surface area contributed by atoms with Crippen molar-refractivity contribution < 1.29 is 4.79 Å². The molecule has 5 nitrogen and oxygen atoms in total. The molecule has 0 aliphatic heterocycles. The number of hydrogen-bond acceptors (Lipinski definition) is 4. The van der Waals surface area contributed by atoms with Crippen LogP contribution in [0.2, 0.25) is 0 Å². The predicted octanol–water partition coefficient (Wildman–Crippen LogP) is 4.35. The summed E-state index contributed by atoms with van der Waals surface area (Å²) in [6, 6.07) is 18.7. The molecular weight excluding hydrogens is 348 g/mol. The summed E-state index contributed by atoms with van der Waals surface area (Å²) >= 11 is 0. The monoisotopic (exact) mass is 372 g/mol. The Hall–Kier alpha value is -3.17. The SMILES string of the molecule is CC1(C=C=O)CCCC1Nc1ccc(-c2cn(Cc3ccccc3)nn2)cc1. The Bertz CT molecular complexity index is 973. The van der Waals surface area contributed by atoms with Crippen molar-refractivity contribution in [3.8, 4) is 11.3 Å². The lowest BCUT2D eigenvalue weighted by atomic mass is 9.85. The number of nitrogens with zero attached hydrogens (tertiary/aromatic N) is 3. The van der Waals surface area contributed by atoms with E-state index in [1.807, 2.05) is 35.0 Å². The number of rotatable bonds is 6. The van der Waals surface area contributed by atoms with Gasteiger partial charge >= 0.3 is 0 Å². The zero-order valence-corrected chi connectivity index (χ0v) is 16.0. The molecule has 3 aromatic rings. The minimum Gasteiger partial charge on any atom is -0.381 e. The normalized spacial score (nSPS) is 21.2. The average molecular weight is 372 g/mol. The van der Waals surface area contributed by atoms with E-state index in [0.717, 1.165) is 36.2 Å². The summed E-state index contributed by atoms with van der Waals surface area (Å²) in [5.74, 6) is 1.98. The molecule has 2 atom stereocenters. The van der Waals surface area contributed by atoms with E-state index in [2.05, 4.69) is 59.0 Å². The van der Waals surface area contributed by atoms with E-state index in [0.29, 0.717) is 6.54 Å². The van der Waals surface area contributed by atoms with E-state index >= 15 is 0 Å². The summed E-state index contributed by atoms with van der Waals surface area (Å²) in [5, 5.41) is 12.1. The number of aromatic nitrogens is 3. The number of benzene rings is 2. The van der Waals surface area contributed by atoms with E-state index in [4.69, 9.17) is 0 Å². The number of anilines is 1. The highest BCUT2D eigenvalue weighted by atomic mass is 16.1. The van der Waals surface area contributed by atoms with Gasteiger partial charge in [-0.2, -0.15) is 0 Å². The van der Waals surface area contributed by atoms with Gasteiger partial charge in [-0.3, -0.25) is 0 Å². The van der Waals surface area contributed by atoms with Gasteiger partial charge in [-0.1, -0.05) is 61.0 Å². The number of hydrogen-bond donors (Lipinski definition) is 1. The van der Waals surface area contributed by atoms with Crippen LogP contribution in [0, 0.1) is 5.41 Å². The van der Waals surface area contributed by atoms with Gasteiger partial charge in [0.15, 0.2) is 0 Å². The second-order valence-corrected chi connectivity index (χ2v) is 7.72. The van der Waals surface area contributed by atoms with E-state index in [1.54, 1.807) is 6.08 Å². The van der Waals surface area contributed by atoms with Crippen LogP contribution < -0.4 is 5.32 Å². The smallest absolute Gasteiger partial charge is 0.120 e. The highest BCUT2D eigenvalue weighted by Crippen LogP contribution is 2.40. The van der Waals surface area contributed by atoms with Crippen LogP contribution in [0.1, 0.15) is 31.7 Å². The van der Waals surface area contributed by atoms with Crippen LogP contribution in [-0.2, 0) is 11.3 Å². The lowest BCUT2D eigenvalue weighted by molar-refractivity contribution is 0.408. The first-order valence-corrected chi connectivity index (χ1v) is 9.69. The van der Waals surface area contributed by atoms with Crippen LogP contribution >= 0.6 is 0 Å². The first kappa shape index (κ1) is 18.2. The zero-order valence-electron chi connectivity index (χ0n) is 16.0. The molecule has 28 heavy (non-hydrogen) atoms. The van der Waals surface area contributed by atoms with Crippen molar-refractivity contribution in [1.82, 2.24) is 15.0 Å². The molecule has 1 aliphatic carbocycles. The van der Waals surface area contributed by atoms with Crippen LogP contribution in [0.5, 0.6) is 0 Å². The van der Waals surface area contributed by atoms with Gasteiger partial charge in [0.1, 0.15) is 11.6 Å². The molecule has 1 fully saturated rings. The fourth-order valence-electron chi connectivity index (χ4n) is 3.95. The minimum absolute atomic E-state index is 0.124. The Kier molecular flexibility index (Phi) is 5.09. The fourth-order valence-corrected chi connectivity index (χ4v) is 3.95. The lowest BCUT2D eigenvalue weighted by Crippen LogP contribution is -2.32. The molecule has 1 heterocycles. The topological polar surface area (TPSA) is 59.8 Å². The molecule has 0 spiro atoms. The summed E-state index contributed by atoms with van der Waals surface area (Å²) in [5.41, 5.74) is 4.02. The Labute approximate surface area is 165 Å². The third kappa shape index (κ3) is 3.90. The first-order valence-electron chi connectivity index (χ1n) is 9.69. The molecular formula is C23H24N4O. The van der Waals surface area contributed by atoms with Gasteiger partial charge in [-0.15, -0.1) is 5.10 Å². The van der Waals surface area contributed by atoms with Crippen molar-refractivity contribution in [2.24, 2.45) is 5.41 Å². The van der Waals surface area contributed by atoms with Crippen LogP contribution in [-0.4, -0.2) is 27.0 Å². The molecule has 1 aromatic heterocycles. The third-order valence-corrected chi connectivity index (χ3v) is 5.64. The maximum Gasteiger partial charge on any atom is 0.120 e. The molecule has 4 rings (SSSR count). The van der Waals surface area contributed by atoms with Crippen molar-refractivity contribution in [2.75, 3.05) is 5.32 Å². The lowest BCUT2D eigenvalue weighted by Gasteiger charge is -2.28. The van der Waals surface area contributed by atoms with E-state index in [9.17, 15) is 4.79 Å². The Morgan fingerprint density at radius 3 is 2.75 bits per heavy atom. The molecule has 1 N–H and O–H groups in total. The van der Waals surface area contributed by atoms with Crippen molar-refractivity contribution in [2.45, 2.75) is 38.8 Å². The van der Waals surface area contributed by atoms with E-state index in [1.165, 1.54) is 5.56 Å². The van der Waals surface area contributed by atoms with Gasteiger partial charge in [0.25, 0.3) is 0 Å². The quantitative estimate of drug-likeness (QED) is 0.654. The average Bonchev–Trinajstić information content (AvgIpc) is 3.31. The van der Waals surface area contributed by atoms with Crippen LogP contribution in [0.3, 0.4) is 0 Å². The molecule has 142 valence electrons. The summed E-state index contributed by atoms with van der Waals surface area (Å²) in [6.07, 6.45) is 6.84. The Morgan fingerprint density at radius 2 is 2.00 bits per heavy atom. The molecule has 0 saturated heterocycles. The molecule has 5 heteroatoms. The second kappa shape index (κ2) is 7.83. The summed E-state index contributed by atoms with van der Waals surface area (Å²) < 4.78 is 1.85. The highest BCUT2D eigenvalue weighted by Gasteiger charge is 2.37. The fraction of sp³-hybridized carbons (Fsp3) is 0.304. The summed E-state index contributed by atoms with van der Waals surface area (Å²) in [4.78, 5) is 10.9. The summed E-state index contributed by atoms with van der Waals surface area (Å²) in [7, 11) is 0. The van der Waals surface area contributed by atoms with Gasteiger partial charge in [-0.05, 0) is 30.5 Å². The highest BCUT2D eigenvalue weighted by molar-refractivity contribution is 5.62. The standard InChI is InChI=1S/C23H24N4O/c1-23(14-15-28)13-5-8-22(23)24-20-11-9-19(10-12-20)21-17-27(26-25-21)16-18-6-3-2-4-7-18/h2-4,6-7,9-12,14,17,22,24H,5,8,13,16H2,1H3. The van der Waals surface area contributed by atoms with Crippen molar-refractivity contribution >= 4 is 11.6 Å². The molecule has 0 amide bonds. The maximum atomic E-state index is 10.9. The largest absolute Gasteiger partial charge is 0.381 e. The minimum atomic E-state index is -0.124. The molecule has 0 bridgehead atoms. The van der Waals surface area contributed by atoms with Crippen molar-refractivity contribution in [3.05, 3.63) is 72.4 Å². The predicted molar refractivity (Wildman–Crippen MR) is 111 cm³/mol. The molecule has 1 aliphatic rings. The number of carbonyl (C=O) groups excluding carboxylic acids is 1. The molecule has 2 unspecified atom stereocenters. The van der Waals surface area contributed by atoms with E-state index in [-0.39, 0.29) is 11.5 Å². The van der Waals surface area contributed by atoms with E-state index < -0.39 is 0 Å². The first-order chi connectivity index (χ1) is 13.7. The van der Waals surface area contributed by atoms with Gasteiger partial charge in [0, 0.05) is 28.8 Å². The van der Waals surface area contributed by atoms with Gasteiger partial charge in [0.2, 0.25) is 0 Å². The Morgan fingerprint density at radius 1 is 1.21 bits per heavy atom. The van der Waals surface area contributed by atoms with Crippen molar-refractivity contribution in [3.63, 3.8) is 0 Å². The third-order valence-electron chi connectivity index (χ3n) is 5.64. The van der Waals surface area contributed by atoms with Crippen LogP contribution in [0.15, 0.2) is 66.9 Å². The second-order valence-electron chi connectivity index (χ2n) is 7.72. The van der Waals surface area contributed by atoms with Gasteiger partial charge in [0.05, 0.1) is 12.7 Å². The van der Waals surface area contributed by atoms with Crippen molar-refractivity contribution in [1.29, 1.82) is 0 Å². The summed E-state index contributed by atoms with van der Waals surface area (Å²) in [6.45, 7) is 2.83. The molecule has 0 radical (unpaired) electrons. The van der Waals surface area contributed by atoms with Crippen LogP contribution in [0.4, 0.5) is 5.69 Å². The Balaban J connectivity index is 1.44. The zero-order chi connectivity index (χ0) is 19.4. The van der Waals surface area contributed by atoms with Gasteiger partial charge < -0.3 is 5.32 Å². The molecule has 1 saturated carbocycles. The van der Waals surface area contributed by atoms with Gasteiger partial charge in [-0.25, -0.2) is 9.48 Å². The number of nitrogens with one attached hydrogen (secondary N) is 1. The molecule has 2 aromatic carbocycles.